The van der Waals surface area contributed by atoms with E-state index in [1.165, 1.54) is 17.7 Å². The molecule has 0 unspecified atom stereocenters. The number of hydrogen-bond donors (Lipinski definition) is 1. The summed E-state index contributed by atoms with van der Waals surface area (Å²) in [5.41, 5.74) is 0. The van der Waals surface area contributed by atoms with Crippen LogP contribution in [0.4, 0.5) is 0 Å². The minimum absolute atomic E-state index is 0.614. The summed E-state index contributed by atoms with van der Waals surface area (Å²) >= 11 is 1.60. The van der Waals surface area contributed by atoms with Crippen molar-refractivity contribution in [2.45, 2.75) is 39.3 Å². The van der Waals surface area contributed by atoms with Gasteiger partial charge in [-0.2, -0.15) is 0 Å². The molecule has 0 radical (unpaired) electrons. The first-order chi connectivity index (χ1) is 6.80. The Labute approximate surface area is 89.5 Å². The highest BCUT2D eigenvalue weighted by atomic mass is 32.1. The molecular formula is C10H18N2OS. The summed E-state index contributed by atoms with van der Waals surface area (Å²) in [4.78, 5) is 5.35. The number of aromatic nitrogens is 1. The van der Waals surface area contributed by atoms with E-state index in [0.717, 1.165) is 11.7 Å². The van der Waals surface area contributed by atoms with Crippen LogP contribution in [0.2, 0.25) is 0 Å². The van der Waals surface area contributed by atoms with Crippen molar-refractivity contribution in [1.29, 1.82) is 0 Å². The van der Waals surface area contributed by atoms with Crippen LogP contribution in [0, 0.1) is 0 Å². The minimum atomic E-state index is 0.614. The predicted molar refractivity (Wildman–Crippen MR) is 59.9 cm³/mol. The maximum atomic E-state index is 5.03. The van der Waals surface area contributed by atoms with Crippen molar-refractivity contribution in [3.8, 4) is 5.19 Å². The lowest BCUT2D eigenvalue weighted by atomic mass is 10.2. The highest BCUT2D eigenvalue weighted by molar-refractivity contribution is 7.13. The normalized spacial score (nSPS) is 10.9. The molecule has 0 amide bonds. The van der Waals surface area contributed by atoms with Gasteiger partial charge in [0.05, 0.1) is 7.11 Å². The van der Waals surface area contributed by atoms with Gasteiger partial charge >= 0.3 is 0 Å². The molecule has 0 bridgehead atoms. The zero-order chi connectivity index (χ0) is 10.4. The quantitative estimate of drug-likeness (QED) is 0.789. The number of hydrogen-bond acceptors (Lipinski definition) is 4. The van der Waals surface area contributed by atoms with E-state index in [0.29, 0.717) is 6.04 Å². The Bertz CT molecular complexity index is 258. The fourth-order valence-corrected chi connectivity index (χ4v) is 1.96. The van der Waals surface area contributed by atoms with Gasteiger partial charge in [0.15, 0.2) is 0 Å². The second kappa shape index (κ2) is 5.98. The van der Waals surface area contributed by atoms with Crippen molar-refractivity contribution in [3.63, 3.8) is 0 Å². The van der Waals surface area contributed by atoms with Crippen LogP contribution in [0.5, 0.6) is 5.19 Å². The molecule has 14 heavy (non-hydrogen) atoms. The third-order valence-electron chi connectivity index (χ3n) is 2.26. The highest BCUT2D eigenvalue weighted by Crippen LogP contribution is 2.19. The summed E-state index contributed by atoms with van der Waals surface area (Å²) in [7, 11) is 1.65. The van der Waals surface area contributed by atoms with Crippen molar-refractivity contribution < 1.29 is 4.74 Å². The van der Waals surface area contributed by atoms with Crippen molar-refractivity contribution in [1.82, 2.24) is 10.3 Å². The number of ether oxygens (including phenoxy) is 1. The van der Waals surface area contributed by atoms with Gasteiger partial charge in [0, 0.05) is 23.7 Å². The van der Waals surface area contributed by atoms with Crippen LogP contribution in [0.1, 0.15) is 31.6 Å². The third kappa shape index (κ3) is 3.27. The van der Waals surface area contributed by atoms with E-state index >= 15 is 0 Å². The lowest BCUT2D eigenvalue weighted by molar-refractivity contribution is 0.412. The number of methoxy groups -OCH3 is 1. The highest BCUT2D eigenvalue weighted by Gasteiger charge is 2.05. The lowest BCUT2D eigenvalue weighted by Gasteiger charge is -2.12. The molecule has 1 N–H and O–H groups in total. The van der Waals surface area contributed by atoms with Crippen molar-refractivity contribution in [2.24, 2.45) is 0 Å². The van der Waals surface area contributed by atoms with E-state index in [1.807, 2.05) is 6.20 Å². The van der Waals surface area contributed by atoms with Crippen LogP contribution in [0.25, 0.3) is 0 Å². The molecule has 1 aromatic rings. The first kappa shape index (κ1) is 11.5. The topological polar surface area (TPSA) is 34.2 Å². The summed E-state index contributed by atoms with van der Waals surface area (Å²) in [6.45, 7) is 5.30. The Hall–Kier alpha value is -0.610. The number of nitrogens with one attached hydrogen (secondary N) is 1. The fraction of sp³-hybridized carbons (Fsp3) is 0.700. The molecule has 0 aliphatic rings. The summed E-state index contributed by atoms with van der Waals surface area (Å²) < 4.78 is 5.03. The van der Waals surface area contributed by atoms with Crippen molar-refractivity contribution in [2.75, 3.05) is 7.11 Å². The Morgan fingerprint density at radius 3 is 2.71 bits per heavy atom. The third-order valence-corrected chi connectivity index (χ3v) is 3.22. The number of nitrogens with zero attached hydrogens (tertiary/aromatic N) is 1. The maximum Gasteiger partial charge on any atom is 0.273 e. The summed E-state index contributed by atoms with van der Waals surface area (Å²) in [5.74, 6) is 0. The lowest BCUT2D eigenvalue weighted by Crippen LogP contribution is -2.26. The van der Waals surface area contributed by atoms with Gasteiger partial charge in [0.2, 0.25) is 0 Å². The Morgan fingerprint density at radius 2 is 2.21 bits per heavy atom. The van der Waals surface area contributed by atoms with Gasteiger partial charge in [-0.05, 0) is 12.8 Å². The van der Waals surface area contributed by atoms with E-state index in [9.17, 15) is 0 Å². The molecule has 0 saturated heterocycles. The van der Waals surface area contributed by atoms with Crippen LogP contribution < -0.4 is 10.1 Å². The van der Waals surface area contributed by atoms with Gasteiger partial charge in [-0.1, -0.05) is 25.2 Å². The maximum absolute atomic E-state index is 5.03. The van der Waals surface area contributed by atoms with Gasteiger partial charge in [-0.15, -0.1) is 0 Å². The van der Waals surface area contributed by atoms with Crippen molar-refractivity contribution in [3.05, 3.63) is 11.1 Å². The average molecular weight is 214 g/mol. The smallest absolute Gasteiger partial charge is 0.273 e. The van der Waals surface area contributed by atoms with E-state index in [2.05, 4.69) is 24.1 Å². The molecule has 0 aliphatic heterocycles. The van der Waals surface area contributed by atoms with Crippen LogP contribution in [0.3, 0.4) is 0 Å². The standard InChI is InChI=1S/C10H18N2OS/c1-4-8(5-2)11-6-9-7-12-10(13-3)14-9/h7-8,11H,4-6H2,1-3H3. The summed E-state index contributed by atoms with van der Waals surface area (Å²) in [6.07, 6.45) is 4.22. The zero-order valence-corrected chi connectivity index (χ0v) is 9.86. The van der Waals surface area contributed by atoms with Gasteiger partial charge in [0.25, 0.3) is 5.19 Å². The molecule has 4 heteroatoms. The molecular weight excluding hydrogens is 196 g/mol. The molecule has 1 heterocycles. The zero-order valence-electron chi connectivity index (χ0n) is 9.04. The summed E-state index contributed by atoms with van der Waals surface area (Å²) in [5, 5.41) is 4.23. The van der Waals surface area contributed by atoms with E-state index in [-0.39, 0.29) is 0 Å². The van der Waals surface area contributed by atoms with E-state index in [1.54, 1.807) is 18.4 Å². The van der Waals surface area contributed by atoms with Crippen LogP contribution in [0.15, 0.2) is 6.20 Å². The van der Waals surface area contributed by atoms with Crippen LogP contribution >= 0.6 is 11.3 Å². The summed E-state index contributed by atoms with van der Waals surface area (Å²) in [6, 6.07) is 0.614. The Balaban J connectivity index is 2.37. The van der Waals surface area contributed by atoms with Crippen molar-refractivity contribution >= 4 is 11.3 Å². The second-order valence-corrected chi connectivity index (χ2v) is 4.27. The molecule has 80 valence electrons. The first-order valence-corrected chi connectivity index (χ1v) is 5.83. The molecule has 1 aromatic heterocycles. The molecule has 0 spiro atoms. The molecule has 0 aliphatic carbocycles. The number of thiazole rings is 1. The van der Waals surface area contributed by atoms with Gasteiger partial charge in [0.1, 0.15) is 0 Å². The molecule has 3 nitrogen and oxygen atoms in total. The van der Waals surface area contributed by atoms with Gasteiger partial charge in [-0.25, -0.2) is 4.98 Å². The molecule has 0 aromatic carbocycles. The van der Waals surface area contributed by atoms with Crippen LogP contribution in [-0.4, -0.2) is 18.1 Å². The van der Waals surface area contributed by atoms with Crippen LogP contribution in [-0.2, 0) is 6.54 Å². The molecule has 0 atom stereocenters. The minimum Gasteiger partial charge on any atom is -0.473 e. The second-order valence-electron chi connectivity index (χ2n) is 3.19. The first-order valence-electron chi connectivity index (χ1n) is 5.02. The fourth-order valence-electron chi connectivity index (χ4n) is 1.29. The number of rotatable bonds is 6. The Morgan fingerprint density at radius 1 is 1.50 bits per heavy atom. The van der Waals surface area contributed by atoms with Gasteiger partial charge in [-0.3, -0.25) is 0 Å². The van der Waals surface area contributed by atoms with E-state index in [4.69, 9.17) is 4.74 Å². The molecule has 0 fully saturated rings. The monoisotopic (exact) mass is 214 g/mol. The Kier molecular flexibility index (Phi) is 4.90. The SMILES string of the molecule is CCC(CC)NCc1cnc(OC)s1. The average Bonchev–Trinajstić information content (AvgIpc) is 2.67. The van der Waals surface area contributed by atoms with Gasteiger partial charge < -0.3 is 10.1 Å². The molecule has 1 rings (SSSR count). The molecule has 0 saturated carbocycles. The van der Waals surface area contributed by atoms with E-state index < -0.39 is 0 Å². The largest absolute Gasteiger partial charge is 0.473 e. The predicted octanol–water partition coefficient (Wildman–Crippen LogP) is 2.43.